The van der Waals surface area contributed by atoms with Crippen molar-refractivity contribution in [3.05, 3.63) is 51.8 Å². The first-order valence-electron chi connectivity index (χ1n) is 10.9. The molecular weight excluding hydrogens is 520 g/mol. The highest BCUT2D eigenvalue weighted by Gasteiger charge is 2.41. The molecule has 3 heterocycles. The van der Waals surface area contributed by atoms with Gasteiger partial charge in [0.1, 0.15) is 10.7 Å². The van der Waals surface area contributed by atoms with Crippen molar-refractivity contribution in [1.29, 1.82) is 0 Å². The summed E-state index contributed by atoms with van der Waals surface area (Å²) in [7, 11) is 1.51. The fourth-order valence-corrected chi connectivity index (χ4v) is 5.08. The first kappa shape index (κ1) is 27.6. The summed E-state index contributed by atoms with van der Waals surface area (Å²) in [5.41, 5.74) is 7.54. The fraction of sp³-hybridized carbons (Fsp3) is 0.391. The molecule has 2 aromatic heterocycles. The number of hydrogen-bond acceptors (Lipinski definition) is 7. The number of nitrogen functional groups attached to an aromatic ring is 1. The molecule has 0 aliphatic carbocycles. The van der Waals surface area contributed by atoms with Crippen molar-refractivity contribution in [2.24, 2.45) is 0 Å². The van der Waals surface area contributed by atoms with Crippen LogP contribution in [0.4, 0.5) is 28.5 Å². The van der Waals surface area contributed by atoms with Gasteiger partial charge < -0.3 is 15.5 Å². The van der Waals surface area contributed by atoms with Gasteiger partial charge in [0.25, 0.3) is 5.91 Å². The van der Waals surface area contributed by atoms with E-state index in [0.29, 0.717) is 43.0 Å². The van der Waals surface area contributed by atoms with Crippen LogP contribution in [-0.4, -0.2) is 52.2 Å². The van der Waals surface area contributed by atoms with E-state index in [9.17, 15) is 22.4 Å². The van der Waals surface area contributed by atoms with Crippen LogP contribution in [0.1, 0.15) is 39.3 Å². The van der Waals surface area contributed by atoms with Gasteiger partial charge in [-0.15, -0.1) is 22.6 Å². The molecule has 1 saturated heterocycles. The number of nitrogens with two attached hydrogens (primary N) is 1. The number of amides is 1. The zero-order valence-electron chi connectivity index (χ0n) is 19.8. The molecule has 1 amide bonds. The number of nitrogens with zero attached hydrogens (tertiary/aromatic N) is 5. The van der Waals surface area contributed by atoms with Gasteiger partial charge in [-0.2, -0.15) is 13.2 Å². The van der Waals surface area contributed by atoms with Crippen LogP contribution in [-0.2, 0) is 6.18 Å². The van der Waals surface area contributed by atoms with Gasteiger partial charge in [0, 0.05) is 31.7 Å². The highest BCUT2D eigenvalue weighted by molar-refractivity contribution is 7.17. The Morgan fingerprint density at radius 2 is 1.72 bits per heavy atom. The average Bonchev–Trinajstić information content (AvgIpc) is 3.23. The number of aromatic nitrogens is 3. The normalized spacial score (nSPS) is 14.5. The van der Waals surface area contributed by atoms with Crippen LogP contribution < -0.4 is 10.6 Å². The minimum atomic E-state index is -4.75. The number of carbonyl (C=O) groups excluding carboxylic acids is 1. The number of carbonyl (C=O) groups is 1. The number of rotatable bonds is 4. The number of alkyl halides is 3. The zero-order valence-corrected chi connectivity index (χ0v) is 21.4. The summed E-state index contributed by atoms with van der Waals surface area (Å²) in [6, 6.07) is 5.83. The van der Waals surface area contributed by atoms with Crippen LogP contribution >= 0.6 is 23.7 Å². The molecule has 0 radical (unpaired) electrons. The summed E-state index contributed by atoms with van der Waals surface area (Å²) in [5.74, 6) is -0.344. The SMILES string of the molecule is Cc1c(-c2ccc(F)cc2)nnc(N2CCC(N(C)C(=O)c3sc(N)nc3C(F)(F)F)CC2)c1C.Cl. The molecule has 1 aromatic carbocycles. The van der Waals surface area contributed by atoms with E-state index in [1.54, 1.807) is 12.1 Å². The molecule has 0 spiro atoms. The van der Waals surface area contributed by atoms with Gasteiger partial charge in [-0.25, -0.2) is 9.37 Å². The van der Waals surface area contributed by atoms with Gasteiger partial charge in [0.15, 0.2) is 16.6 Å². The van der Waals surface area contributed by atoms with Crippen LogP contribution in [0.5, 0.6) is 0 Å². The molecule has 4 rings (SSSR count). The molecule has 0 saturated carbocycles. The molecule has 194 valence electrons. The lowest BCUT2D eigenvalue weighted by Crippen LogP contribution is -2.46. The lowest BCUT2D eigenvalue weighted by atomic mass is 10.0. The van der Waals surface area contributed by atoms with E-state index < -0.39 is 22.7 Å². The van der Waals surface area contributed by atoms with Gasteiger partial charge in [0.2, 0.25) is 0 Å². The van der Waals surface area contributed by atoms with E-state index in [4.69, 9.17) is 5.73 Å². The molecule has 1 fully saturated rings. The number of anilines is 2. The molecule has 2 N–H and O–H groups in total. The van der Waals surface area contributed by atoms with Crippen LogP contribution in [0.25, 0.3) is 11.3 Å². The second kappa shape index (κ2) is 10.6. The molecule has 7 nitrogen and oxygen atoms in total. The predicted octanol–water partition coefficient (Wildman–Crippen LogP) is 5.12. The van der Waals surface area contributed by atoms with Gasteiger partial charge in [-0.1, -0.05) is 11.3 Å². The minimum Gasteiger partial charge on any atom is -0.375 e. The Bertz CT molecular complexity index is 1240. The van der Waals surface area contributed by atoms with E-state index in [-0.39, 0.29) is 29.4 Å². The molecule has 36 heavy (non-hydrogen) atoms. The fourth-order valence-electron chi connectivity index (χ4n) is 4.24. The largest absolute Gasteiger partial charge is 0.435 e. The lowest BCUT2D eigenvalue weighted by molar-refractivity contribution is -0.141. The maximum absolute atomic E-state index is 13.3. The van der Waals surface area contributed by atoms with Crippen molar-refractivity contribution in [2.45, 2.75) is 38.9 Å². The van der Waals surface area contributed by atoms with E-state index in [1.807, 2.05) is 13.8 Å². The number of thiazole rings is 1. The molecule has 0 atom stereocenters. The van der Waals surface area contributed by atoms with E-state index in [0.717, 1.165) is 22.5 Å². The van der Waals surface area contributed by atoms with Gasteiger partial charge in [-0.3, -0.25) is 4.79 Å². The second-order valence-corrected chi connectivity index (χ2v) is 9.52. The van der Waals surface area contributed by atoms with Crippen LogP contribution in [0.15, 0.2) is 24.3 Å². The smallest absolute Gasteiger partial charge is 0.375 e. The zero-order chi connectivity index (χ0) is 25.5. The van der Waals surface area contributed by atoms with Crippen LogP contribution in [0.2, 0.25) is 0 Å². The Morgan fingerprint density at radius 3 is 2.31 bits per heavy atom. The maximum atomic E-state index is 13.3. The molecule has 1 aliphatic heterocycles. The third-order valence-electron chi connectivity index (χ3n) is 6.35. The monoisotopic (exact) mass is 544 g/mol. The topological polar surface area (TPSA) is 88.2 Å². The number of halogens is 5. The number of piperidine rings is 1. The molecule has 0 unspecified atom stereocenters. The molecule has 3 aromatic rings. The summed E-state index contributed by atoms with van der Waals surface area (Å²) in [6.07, 6.45) is -3.65. The van der Waals surface area contributed by atoms with E-state index >= 15 is 0 Å². The highest BCUT2D eigenvalue weighted by Crippen LogP contribution is 2.36. The predicted molar refractivity (Wildman–Crippen MR) is 133 cm³/mol. The molecule has 1 aliphatic rings. The van der Waals surface area contributed by atoms with Crippen LogP contribution in [0, 0.1) is 19.7 Å². The summed E-state index contributed by atoms with van der Waals surface area (Å²) < 4.78 is 53.1. The third-order valence-corrected chi connectivity index (χ3v) is 7.23. The highest BCUT2D eigenvalue weighted by atomic mass is 35.5. The third kappa shape index (κ3) is 5.39. The minimum absolute atomic E-state index is 0. The van der Waals surface area contributed by atoms with Gasteiger partial charge >= 0.3 is 6.18 Å². The van der Waals surface area contributed by atoms with Crippen LogP contribution in [0.3, 0.4) is 0 Å². The molecular formula is C23H25ClF4N6OS. The van der Waals surface area contributed by atoms with Crippen molar-refractivity contribution < 1.29 is 22.4 Å². The number of hydrogen-bond donors (Lipinski definition) is 1. The summed E-state index contributed by atoms with van der Waals surface area (Å²) >= 11 is 0.549. The lowest BCUT2D eigenvalue weighted by Gasteiger charge is -2.37. The van der Waals surface area contributed by atoms with E-state index in [2.05, 4.69) is 20.1 Å². The summed E-state index contributed by atoms with van der Waals surface area (Å²) in [6.45, 7) is 5.00. The van der Waals surface area contributed by atoms with Crippen molar-refractivity contribution in [3.8, 4) is 11.3 Å². The van der Waals surface area contributed by atoms with Crippen molar-refractivity contribution in [3.63, 3.8) is 0 Å². The Labute approximate surface area is 215 Å². The summed E-state index contributed by atoms with van der Waals surface area (Å²) in [5, 5.41) is 8.49. The van der Waals surface area contributed by atoms with Crippen molar-refractivity contribution in [1.82, 2.24) is 20.1 Å². The molecule has 0 bridgehead atoms. The van der Waals surface area contributed by atoms with Crippen molar-refractivity contribution >= 4 is 40.6 Å². The standard InChI is InChI=1S/C23H24F4N6OS.ClH/c1-12-13(2)20(31-30-17(12)14-4-6-15(24)7-5-14)33-10-8-16(9-11-33)32(3)21(34)18-19(23(25,26)27)29-22(28)35-18;/h4-7,16H,8-11H2,1-3H3,(H2,28,29);1H. The second-order valence-electron chi connectivity index (χ2n) is 8.49. The Balaban J connectivity index is 0.00000361. The Kier molecular flexibility index (Phi) is 8.09. The first-order chi connectivity index (χ1) is 16.5. The quantitative estimate of drug-likeness (QED) is 0.459. The summed E-state index contributed by atoms with van der Waals surface area (Å²) in [4.78, 5) is 19.1. The Morgan fingerprint density at radius 1 is 1.11 bits per heavy atom. The number of benzene rings is 1. The van der Waals surface area contributed by atoms with Crippen molar-refractivity contribution in [2.75, 3.05) is 30.8 Å². The molecule has 13 heteroatoms. The average molecular weight is 545 g/mol. The first-order valence-corrected chi connectivity index (χ1v) is 11.7. The van der Waals surface area contributed by atoms with E-state index in [1.165, 1.54) is 24.1 Å². The van der Waals surface area contributed by atoms with Gasteiger partial charge in [-0.05, 0) is 62.1 Å². The maximum Gasteiger partial charge on any atom is 0.435 e. The Hall–Kier alpha value is -2.99. The van der Waals surface area contributed by atoms with Gasteiger partial charge in [0.05, 0.1) is 5.69 Å².